The lowest BCUT2D eigenvalue weighted by atomic mass is 9.70. The van der Waals surface area contributed by atoms with E-state index in [-0.39, 0.29) is 11.0 Å². The number of alkyl halides is 1. The number of nitrogens with two attached hydrogens (primary N) is 1. The third-order valence-electron chi connectivity index (χ3n) is 3.02. The number of rotatable bonds is 3. The fourth-order valence-corrected chi connectivity index (χ4v) is 1.20. The smallest absolute Gasteiger partial charge is 0.0951 e. The SMILES string of the molecule is CC(N)(Cl)C(C)(C)C(C)(C)NCl. The van der Waals surface area contributed by atoms with E-state index in [1.807, 2.05) is 27.7 Å². The molecule has 0 aromatic rings. The molecule has 1 unspecified atom stereocenters. The average molecular weight is 213 g/mol. The fraction of sp³-hybridized carbons (Fsp3) is 1.00. The minimum absolute atomic E-state index is 0.316. The van der Waals surface area contributed by atoms with Gasteiger partial charge >= 0.3 is 0 Å². The van der Waals surface area contributed by atoms with Crippen LogP contribution in [-0.4, -0.2) is 10.5 Å². The van der Waals surface area contributed by atoms with Gasteiger partial charge in [-0.3, -0.25) is 0 Å². The Morgan fingerprint density at radius 2 is 1.42 bits per heavy atom. The Labute approximate surface area is 84.9 Å². The largest absolute Gasteiger partial charge is 0.312 e. The van der Waals surface area contributed by atoms with Gasteiger partial charge in [-0.1, -0.05) is 13.8 Å². The molecule has 4 heteroatoms. The second-order valence-corrected chi connectivity index (χ2v) is 5.39. The van der Waals surface area contributed by atoms with E-state index < -0.39 is 5.00 Å². The normalized spacial score (nSPS) is 19.0. The Balaban J connectivity index is 4.85. The van der Waals surface area contributed by atoms with E-state index in [9.17, 15) is 0 Å². The van der Waals surface area contributed by atoms with Crippen LogP contribution in [0.2, 0.25) is 0 Å². The lowest BCUT2D eigenvalue weighted by molar-refractivity contribution is 0.129. The zero-order chi connectivity index (χ0) is 10.2. The van der Waals surface area contributed by atoms with Gasteiger partial charge in [-0.15, -0.1) is 11.6 Å². The predicted molar refractivity (Wildman–Crippen MR) is 55.3 cm³/mol. The van der Waals surface area contributed by atoms with Crippen LogP contribution in [0.4, 0.5) is 0 Å². The van der Waals surface area contributed by atoms with Gasteiger partial charge in [-0.2, -0.15) is 0 Å². The van der Waals surface area contributed by atoms with Gasteiger partial charge in [0, 0.05) is 11.0 Å². The van der Waals surface area contributed by atoms with Crippen LogP contribution in [0.1, 0.15) is 34.6 Å². The fourth-order valence-electron chi connectivity index (χ4n) is 0.729. The van der Waals surface area contributed by atoms with Crippen LogP contribution in [-0.2, 0) is 0 Å². The van der Waals surface area contributed by atoms with Crippen LogP contribution in [0.5, 0.6) is 0 Å². The molecule has 0 spiro atoms. The third-order valence-corrected chi connectivity index (χ3v) is 3.97. The molecule has 3 N–H and O–H groups in total. The first-order valence-corrected chi connectivity index (χ1v) is 4.67. The van der Waals surface area contributed by atoms with E-state index in [1.54, 1.807) is 6.92 Å². The summed E-state index contributed by atoms with van der Waals surface area (Å²) in [7, 11) is 0. The zero-order valence-corrected chi connectivity index (χ0v) is 9.85. The number of hydrogen-bond acceptors (Lipinski definition) is 2. The molecule has 0 heterocycles. The molecule has 0 saturated carbocycles. The maximum atomic E-state index is 6.07. The summed E-state index contributed by atoms with van der Waals surface area (Å²) in [4.78, 5) is 1.90. The highest BCUT2D eigenvalue weighted by atomic mass is 35.5. The maximum absolute atomic E-state index is 6.07. The van der Waals surface area contributed by atoms with E-state index in [0.29, 0.717) is 0 Å². The maximum Gasteiger partial charge on any atom is 0.0951 e. The highest BCUT2D eigenvalue weighted by Gasteiger charge is 2.47. The van der Waals surface area contributed by atoms with Gasteiger partial charge in [-0.25, -0.2) is 4.84 Å². The summed E-state index contributed by atoms with van der Waals surface area (Å²) >= 11 is 11.7. The highest BCUT2D eigenvalue weighted by Crippen LogP contribution is 2.41. The zero-order valence-electron chi connectivity index (χ0n) is 8.33. The Kier molecular flexibility index (Phi) is 3.47. The lowest BCUT2D eigenvalue weighted by Gasteiger charge is -2.47. The van der Waals surface area contributed by atoms with Crippen LogP contribution in [0.3, 0.4) is 0 Å². The average Bonchev–Trinajstić information content (AvgIpc) is 1.85. The first-order chi connectivity index (χ1) is 5.06. The minimum atomic E-state index is -0.793. The van der Waals surface area contributed by atoms with Gasteiger partial charge in [0.2, 0.25) is 0 Å². The molecule has 0 rings (SSSR count). The van der Waals surface area contributed by atoms with Crippen LogP contribution in [0.25, 0.3) is 0 Å². The van der Waals surface area contributed by atoms with E-state index in [2.05, 4.69) is 4.84 Å². The van der Waals surface area contributed by atoms with Crippen molar-refractivity contribution < 1.29 is 0 Å². The van der Waals surface area contributed by atoms with Crippen molar-refractivity contribution in [3.63, 3.8) is 0 Å². The number of nitrogens with one attached hydrogen (secondary N) is 1. The number of halogens is 2. The molecule has 0 aliphatic rings. The molecule has 1 atom stereocenters. The predicted octanol–water partition coefficient (Wildman–Crippen LogP) is 2.45. The minimum Gasteiger partial charge on any atom is -0.312 e. The van der Waals surface area contributed by atoms with Crippen LogP contribution in [0, 0.1) is 5.41 Å². The Morgan fingerprint density at radius 1 is 1.08 bits per heavy atom. The molecule has 0 amide bonds. The van der Waals surface area contributed by atoms with Gasteiger partial charge in [-0.05, 0) is 32.5 Å². The van der Waals surface area contributed by atoms with Crippen LogP contribution < -0.4 is 10.6 Å². The van der Waals surface area contributed by atoms with Crippen molar-refractivity contribution in [2.45, 2.75) is 45.2 Å². The second-order valence-electron chi connectivity index (χ2n) is 4.42. The van der Waals surface area contributed by atoms with Crippen molar-refractivity contribution in [2.75, 3.05) is 0 Å². The van der Waals surface area contributed by atoms with Gasteiger partial charge in [0.1, 0.15) is 0 Å². The molecule has 0 bridgehead atoms. The van der Waals surface area contributed by atoms with E-state index in [0.717, 1.165) is 0 Å². The second kappa shape index (κ2) is 3.33. The van der Waals surface area contributed by atoms with Crippen LogP contribution in [0.15, 0.2) is 0 Å². The molecule has 0 fully saturated rings. The summed E-state index contributed by atoms with van der Waals surface area (Å²) in [6, 6.07) is 0. The molecule has 12 heavy (non-hydrogen) atoms. The Morgan fingerprint density at radius 3 is 1.50 bits per heavy atom. The molecule has 0 aliphatic heterocycles. The van der Waals surface area contributed by atoms with E-state index in [4.69, 9.17) is 29.1 Å². The Bertz CT molecular complexity index is 159. The quantitative estimate of drug-likeness (QED) is 0.429. The molecule has 74 valence electrons. The van der Waals surface area contributed by atoms with Crippen molar-refractivity contribution in [1.29, 1.82) is 0 Å². The first-order valence-electron chi connectivity index (χ1n) is 3.92. The van der Waals surface area contributed by atoms with Crippen molar-refractivity contribution in [3.05, 3.63) is 0 Å². The van der Waals surface area contributed by atoms with E-state index in [1.165, 1.54) is 0 Å². The van der Waals surface area contributed by atoms with Crippen molar-refractivity contribution in [3.8, 4) is 0 Å². The standard InChI is InChI=1S/C8H18Cl2N2/c1-6(2,8(5,9)11)7(3,4)12-10/h12H,11H2,1-5H3. The molecule has 0 aromatic carbocycles. The summed E-state index contributed by atoms with van der Waals surface area (Å²) in [5, 5.41) is 0. The number of hydrogen-bond donors (Lipinski definition) is 2. The molecule has 0 aromatic heterocycles. The molecule has 0 radical (unpaired) electrons. The van der Waals surface area contributed by atoms with Gasteiger partial charge < -0.3 is 5.73 Å². The summed E-state index contributed by atoms with van der Waals surface area (Å²) in [5.41, 5.74) is 5.21. The third kappa shape index (κ3) is 2.05. The summed E-state index contributed by atoms with van der Waals surface area (Å²) < 4.78 is 0. The van der Waals surface area contributed by atoms with Crippen molar-refractivity contribution in [2.24, 2.45) is 11.1 Å². The summed E-state index contributed by atoms with van der Waals surface area (Å²) in [6.45, 7) is 9.68. The molecule has 2 nitrogen and oxygen atoms in total. The molecular weight excluding hydrogens is 195 g/mol. The molecular formula is C8H18Cl2N2. The lowest BCUT2D eigenvalue weighted by Crippen LogP contribution is -2.60. The van der Waals surface area contributed by atoms with Crippen molar-refractivity contribution in [1.82, 2.24) is 4.84 Å². The Hall–Kier alpha value is 0.500. The topological polar surface area (TPSA) is 38.0 Å². The van der Waals surface area contributed by atoms with E-state index >= 15 is 0 Å². The highest BCUT2D eigenvalue weighted by molar-refractivity contribution is 6.24. The van der Waals surface area contributed by atoms with Gasteiger partial charge in [0.25, 0.3) is 0 Å². The van der Waals surface area contributed by atoms with Gasteiger partial charge in [0.15, 0.2) is 0 Å². The monoisotopic (exact) mass is 212 g/mol. The first kappa shape index (κ1) is 12.5. The summed E-state index contributed by atoms with van der Waals surface area (Å²) in [6.07, 6.45) is 0. The van der Waals surface area contributed by atoms with Crippen LogP contribution >= 0.6 is 23.4 Å². The van der Waals surface area contributed by atoms with Gasteiger partial charge in [0.05, 0.1) is 5.00 Å². The van der Waals surface area contributed by atoms with Crippen molar-refractivity contribution >= 4 is 23.4 Å². The summed E-state index contributed by atoms with van der Waals surface area (Å²) in [5.74, 6) is 0. The molecule has 0 saturated heterocycles. The molecule has 0 aliphatic carbocycles.